The molecular formula is C28H39N3O4S. The minimum Gasteiger partial charge on any atom is -0.270 e. The van der Waals surface area contributed by atoms with Crippen molar-refractivity contribution in [3.05, 3.63) is 71.8 Å². The average molecular weight is 514 g/mol. The first kappa shape index (κ1) is 27.9. The summed E-state index contributed by atoms with van der Waals surface area (Å²) >= 11 is 0. The molecule has 1 aliphatic heterocycles. The number of sulfonamides is 1. The molecule has 0 fully saturated rings. The van der Waals surface area contributed by atoms with Crippen molar-refractivity contribution in [1.82, 2.24) is 9.89 Å². The lowest BCUT2D eigenvalue weighted by Gasteiger charge is -2.35. The molecule has 7 nitrogen and oxygen atoms in total. The number of hydrogen-bond acceptors (Lipinski definition) is 5. The largest absolute Gasteiger partial charge is 0.270 e. The smallest absolute Gasteiger partial charge is 0.269 e. The summed E-state index contributed by atoms with van der Waals surface area (Å²) < 4.78 is 27.7. The van der Waals surface area contributed by atoms with Crippen molar-refractivity contribution in [2.24, 2.45) is 5.10 Å². The van der Waals surface area contributed by atoms with Gasteiger partial charge in [0.1, 0.15) is 0 Å². The average Bonchev–Trinajstić information content (AvgIpc) is 2.91. The molecule has 1 N–H and O–H groups in total. The molecule has 1 amide bonds. The van der Waals surface area contributed by atoms with Gasteiger partial charge in [0, 0.05) is 12.1 Å². The van der Waals surface area contributed by atoms with Gasteiger partial charge >= 0.3 is 0 Å². The fourth-order valence-corrected chi connectivity index (χ4v) is 6.03. The molecule has 196 valence electrons. The normalized spacial score (nSPS) is 17.8. The Morgan fingerprint density at radius 1 is 0.944 bits per heavy atom. The second-order valence-corrected chi connectivity index (χ2v) is 11.2. The molecule has 0 saturated carbocycles. The lowest BCUT2D eigenvalue weighted by Crippen LogP contribution is -2.52. The van der Waals surface area contributed by atoms with Gasteiger partial charge in [-0.15, -0.1) is 0 Å². The number of carbonyl (C=O) groups is 1. The minimum atomic E-state index is -3.78. The number of hydrazone groups is 1. The Hall–Kier alpha value is -2.71. The Bertz CT molecular complexity index is 1040. The zero-order valence-corrected chi connectivity index (χ0v) is 22.0. The van der Waals surface area contributed by atoms with Gasteiger partial charge in [-0.3, -0.25) is 9.63 Å². The van der Waals surface area contributed by atoms with Crippen LogP contribution in [0.15, 0.2) is 65.8 Å². The summed E-state index contributed by atoms with van der Waals surface area (Å²) in [5.74, 6) is -0.913. The fraction of sp³-hybridized carbons (Fsp3) is 0.500. The Balaban J connectivity index is 1.65. The van der Waals surface area contributed by atoms with E-state index in [9.17, 15) is 13.2 Å². The molecule has 0 aliphatic carbocycles. The van der Waals surface area contributed by atoms with Crippen LogP contribution in [0.3, 0.4) is 0 Å². The van der Waals surface area contributed by atoms with Gasteiger partial charge in [-0.05, 0) is 24.0 Å². The van der Waals surface area contributed by atoms with E-state index in [-0.39, 0.29) is 18.3 Å². The summed E-state index contributed by atoms with van der Waals surface area (Å²) in [6.45, 7) is 2.38. The van der Waals surface area contributed by atoms with Crippen LogP contribution in [-0.2, 0) is 26.3 Å². The summed E-state index contributed by atoms with van der Waals surface area (Å²) in [6, 6.07) is 18.0. The van der Waals surface area contributed by atoms with Gasteiger partial charge in [0.05, 0.1) is 12.4 Å². The molecule has 2 aromatic rings. The topological polar surface area (TPSA) is 88.1 Å². The summed E-state index contributed by atoms with van der Waals surface area (Å²) in [5.41, 5.74) is 4.27. The van der Waals surface area contributed by atoms with Crippen LogP contribution in [0.4, 0.5) is 0 Å². The number of amides is 1. The number of nitrogens with one attached hydrogen (secondary N) is 1. The number of benzene rings is 2. The maximum Gasteiger partial charge on any atom is 0.269 e. The van der Waals surface area contributed by atoms with Gasteiger partial charge in [-0.2, -0.15) is 9.52 Å². The first-order valence-corrected chi connectivity index (χ1v) is 14.7. The molecule has 8 heteroatoms. The summed E-state index contributed by atoms with van der Waals surface area (Å²) in [6.07, 6.45) is 10.5. The van der Waals surface area contributed by atoms with Crippen LogP contribution in [0.1, 0.15) is 81.8 Å². The van der Waals surface area contributed by atoms with E-state index < -0.39 is 22.0 Å². The van der Waals surface area contributed by atoms with Gasteiger partial charge in [0.15, 0.2) is 6.04 Å². The minimum absolute atomic E-state index is 0.0323. The summed E-state index contributed by atoms with van der Waals surface area (Å²) in [5, 5.41) is 4.20. The van der Waals surface area contributed by atoms with Gasteiger partial charge < -0.3 is 0 Å². The van der Waals surface area contributed by atoms with E-state index >= 15 is 0 Å². The monoisotopic (exact) mass is 513 g/mol. The van der Waals surface area contributed by atoms with Gasteiger partial charge in [-0.1, -0.05) is 113 Å². The fourth-order valence-electron chi connectivity index (χ4n) is 4.48. The maximum absolute atomic E-state index is 13.3. The number of nitrogens with zero attached hydrogens (tertiary/aromatic N) is 2. The van der Waals surface area contributed by atoms with Gasteiger partial charge in [-0.25, -0.2) is 13.9 Å². The molecule has 36 heavy (non-hydrogen) atoms. The molecule has 0 aromatic heterocycles. The zero-order chi connectivity index (χ0) is 25.6. The molecule has 1 aliphatic rings. The van der Waals surface area contributed by atoms with E-state index in [0.717, 1.165) is 34.8 Å². The van der Waals surface area contributed by atoms with E-state index in [1.165, 1.54) is 25.7 Å². The number of carbonyl (C=O) groups excluding carboxylic acids is 1. The van der Waals surface area contributed by atoms with Crippen LogP contribution >= 0.6 is 0 Å². The van der Waals surface area contributed by atoms with Gasteiger partial charge in [0.2, 0.25) is 0 Å². The molecule has 2 unspecified atom stereocenters. The van der Waals surface area contributed by atoms with Crippen molar-refractivity contribution in [2.45, 2.75) is 83.3 Å². The molecule has 1 heterocycles. The van der Waals surface area contributed by atoms with Crippen LogP contribution in [0, 0.1) is 0 Å². The third kappa shape index (κ3) is 8.45. The van der Waals surface area contributed by atoms with Crippen molar-refractivity contribution in [3.8, 4) is 0 Å². The first-order valence-electron chi connectivity index (χ1n) is 13.1. The Kier molecular flexibility index (Phi) is 11.4. The third-order valence-electron chi connectivity index (χ3n) is 6.47. The Morgan fingerprint density at radius 3 is 2.22 bits per heavy atom. The molecule has 2 atom stereocenters. The molecule has 2 aromatic carbocycles. The third-order valence-corrected chi connectivity index (χ3v) is 8.16. The number of hydrogen-bond donors (Lipinski definition) is 1. The number of rotatable bonds is 15. The lowest BCUT2D eigenvalue weighted by atomic mass is 9.88. The molecular weight excluding hydrogens is 474 g/mol. The zero-order valence-electron chi connectivity index (χ0n) is 21.2. The highest BCUT2D eigenvalue weighted by Crippen LogP contribution is 2.32. The second-order valence-electron chi connectivity index (χ2n) is 9.30. The van der Waals surface area contributed by atoms with Crippen LogP contribution < -0.4 is 5.48 Å². The summed E-state index contributed by atoms with van der Waals surface area (Å²) in [7, 11) is -3.78. The second kappa shape index (κ2) is 14.8. The summed E-state index contributed by atoms with van der Waals surface area (Å²) in [4.78, 5) is 18.8. The lowest BCUT2D eigenvalue weighted by molar-refractivity contribution is -0.139. The van der Waals surface area contributed by atoms with E-state index in [1.54, 1.807) is 6.21 Å². The maximum atomic E-state index is 13.3. The van der Waals surface area contributed by atoms with Crippen molar-refractivity contribution < 1.29 is 18.0 Å². The highest BCUT2D eigenvalue weighted by atomic mass is 32.2. The predicted octanol–water partition coefficient (Wildman–Crippen LogP) is 5.55. The predicted molar refractivity (Wildman–Crippen MR) is 144 cm³/mol. The first-order chi connectivity index (χ1) is 17.5. The Morgan fingerprint density at radius 2 is 1.56 bits per heavy atom. The number of hydroxylamine groups is 1. The Labute approximate surface area is 215 Å². The van der Waals surface area contributed by atoms with Crippen LogP contribution in [-0.4, -0.2) is 36.7 Å². The quantitative estimate of drug-likeness (QED) is 0.250. The molecule has 0 radical (unpaired) electrons. The highest BCUT2D eigenvalue weighted by molar-refractivity contribution is 7.89. The van der Waals surface area contributed by atoms with E-state index in [0.29, 0.717) is 12.8 Å². The molecule has 0 spiro atoms. The molecule has 3 rings (SSSR count). The van der Waals surface area contributed by atoms with Crippen LogP contribution in [0.5, 0.6) is 0 Å². The van der Waals surface area contributed by atoms with E-state index in [1.807, 2.05) is 60.7 Å². The highest BCUT2D eigenvalue weighted by Gasteiger charge is 2.42. The molecule has 0 saturated heterocycles. The van der Waals surface area contributed by atoms with E-state index in [2.05, 4.69) is 17.5 Å². The standard InChI is InChI=1S/C28H39N3O4S/c1-2-3-4-5-6-7-8-15-22-36(33,34)31-27(26(20-21-29-31)25-18-13-10-14-19-25)28(32)30-35-23-24-16-11-9-12-17-24/h9-14,16-19,21,26-27H,2-8,15,20,22-23H2,1H3,(H,30,32). The van der Waals surface area contributed by atoms with Crippen molar-refractivity contribution in [2.75, 3.05) is 5.75 Å². The SMILES string of the molecule is CCCCCCCCCCS(=O)(=O)N1N=CCC(c2ccccc2)C1C(=O)NOCc1ccccc1. The van der Waals surface area contributed by atoms with Crippen molar-refractivity contribution in [1.29, 1.82) is 0 Å². The van der Waals surface area contributed by atoms with Crippen molar-refractivity contribution >= 4 is 22.1 Å². The van der Waals surface area contributed by atoms with E-state index in [4.69, 9.17) is 4.84 Å². The van der Waals surface area contributed by atoms with Crippen LogP contribution in [0.2, 0.25) is 0 Å². The number of unbranched alkanes of at least 4 members (excludes halogenated alkanes) is 7. The molecule has 0 bridgehead atoms. The van der Waals surface area contributed by atoms with Crippen molar-refractivity contribution in [3.63, 3.8) is 0 Å². The van der Waals surface area contributed by atoms with Gasteiger partial charge in [0.25, 0.3) is 15.9 Å². The van der Waals surface area contributed by atoms with Crippen LogP contribution in [0.25, 0.3) is 0 Å².